The zero-order valence-corrected chi connectivity index (χ0v) is 16.4. The molecule has 1 aliphatic carbocycles. The molecule has 4 nitrogen and oxygen atoms in total. The van der Waals surface area contributed by atoms with E-state index in [2.05, 4.69) is 4.98 Å². The number of benzene rings is 1. The molecule has 2 heterocycles. The van der Waals surface area contributed by atoms with Crippen molar-refractivity contribution in [1.29, 1.82) is 0 Å². The summed E-state index contributed by atoms with van der Waals surface area (Å²) < 4.78 is 13.1. The molecular weight excluding hydrogens is 355 g/mol. The Labute approximate surface area is 165 Å². The van der Waals surface area contributed by atoms with Crippen LogP contribution in [0, 0.1) is 18.7 Å². The van der Waals surface area contributed by atoms with E-state index in [4.69, 9.17) is 0 Å². The lowest BCUT2D eigenvalue weighted by Crippen LogP contribution is -2.40. The Morgan fingerprint density at radius 2 is 2.00 bits per heavy atom. The van der Waals surface area contributed by atoms with Gasteiger partial charge in [0.15, 0.2) is 5.78 Å². The quantitative estimate of drug-likeness (QED) is 0.848. The molecule has 2 aromatic rings. The van der Waals surface area contributed by atoms with Gasteiger partial charge < -0.3 is 9.88 Å². The zero-order valence-electron chi connectivity index (χ0n) is 16.4. The number of rotatable bonds is 4. The third-order valence-corrected chi connectivity index (χ3v) is 6.15. The molecule has 1 fully saturated rings. The van der Waals surface area contributed by atoms with Gasteiger partial charge in [0.1, 0.15) is 5.82 Å². The molecule has 2 aliphatic rings. The third-order valence-electron chi connectivity index (χ3n) is 6.15. The zero-order chi connectivity index (χ0) is 19.7. The molecule has 0 bridgehead atoms. The fraction of sp³-hybridized carbons (Fsp3) is 0.478. The summed E-state index contributed by atoms with van der Waals surface area (Å²) in [5, 5.41) is 0. The summed E-state index contributed by atoms with van der Waals surface area (Å²) >= 11 is 0. The highest BCUT2D eigenvalue weighted by atomic mass is 19.1. The molecular formula is C23H27FN2O2. The number of aryl methyl sites for hydroxylation is 3. The molecule has 1 aromatic heterocycles. The van der Waals surface area contributed by atoms with E-state index in [-0.39, 0.29) is 17.5 Å². The highest BCUT2D eigenvalue weighted by molar-refractivity contribution is 6.10. The van der Waals surface area contributed by atoms with Crippen LogP contribution in [0.1, 0.15) is 69.8 Å². The van der Waals surface area contributed by atoms with Gasteiger partial charge in [-0.3, -0.25) is 9.59 Å². The van der Waals surface area contributed by atoms with Gasteiger partial charge >= 0.3 is 0 Å². The van der Waals surface area contributed by atoms with Crippen molar-refractivity contribution in [2.75, 3.05) is 13.1 Å². The number of hydrogen-bond donors (Lipinski definition) is 1. The average Bonchev–Trinajstić information content (AvgIpc) is 3.04. The predicted molar refractivity (Wildman–Crippen MR) is 106 cm³/mol. The van der Waals surface area contributed by atoms with Crippen molar-refractivity contribution in [2.24, 2.45) is 5.92 Å². The molecule has 1 atom stereocenters. The fourth-order valence-electron chi connectivity index (χ4n) is 4.67. The van der Waals surface area contributed by atoms with Crippen LogP contribution in [0.2, 0.25) is 0 Å². The number of aromatic nitrogens is 1. The van der Waals surface area contributed by atoms with Crippen LogP contribution in [0.15, 0.2) is 24.3 Å². The Bertz CT molecular complexity index is 885. The van der Waals surface area contributed by atoms with Crippen LogP contribution >= 0.6 is 0 Å². The summed E-state index contributed by atoms with van der Waals surface area (Å²) in [6.07, 6.45) is 6.20. The molecule has 28 heavy (non-hydrogen) atoms. The number of nitrogens with one attached hydrogen (secondary N) is 1. The van der Waals surface area contributed by atoms with E-state index in [1.807, 2.05) is 24.0 Å². The van der Waals surface area contributed by atoms with Crippen LogP contribution in [0.4, 0.5) is 4.39 Å². The standard InChI is InChI=1S/C23H27FN2O2/c1-15-21(22-19(25-15)5-2-6-20(22)27)23(28)26-13-3-4-17(14-26)8-7-16-9-11-18(24)12-10-16/h9-12,17,25H,2-8,13-14H2,1H3. The molecule has 4 rings (SSSR count). The number of halogens is 1. The maximum atomic E-state index is 13.3. The minimum atomic E-state index is -0.210. The maximum Gasteiger partial charge on any atom is 0.256 e. The summed E-state index contributed by atoms with van der Waals surface area (Å²) in [5.41, 5.74) is 4.12. The van der Waals surface area contributed by atoms with E-state index >= 15 is 0 Å². The van der Waals surface area contributed by atoms with E-state index in [0.29, 0.717) is 23.5 Å². The Morgan fingerprint density at radius 3 is 2.79 bits per heavy atom. The smallest absolute Gasteiger partial charge is 0.256 e. The normalized spacial score (nSPS) is 19.6. The van der Waals surface area contributed by atoms with E-state index in [0.717, 1.165) is 68.6 Å². The maximum absolute atomic E-state index is 13.3. The van der Waals surface area contributed by atoms with E-state index in [9.17, 15) is 14.0 Å². The molecule has 0 saturated carbocycles. The molecule has 1 saturated heterocycles. The number of nitrogens with zero attached hydrogens (tertiary/aromatic N) is 1. The number of ketones is 1. The van der Waals surface area contributed by atoms with Crippen molar-refractivity contribution >= 4 is 11.7 Å². The first kappa shape index (κ1) is 18.9. The SMILES string of the molecule is Cc1[nH]c2c(c1C(=O)N1CCCC(CCc3ccc(F)cc3)C1)C(=O)CCC2. The number of carbonyl (C=O) groups is 2. The van der Waals surface area contributed by atoms with Crippen LogP contribution in [-0.4, -0.2) is 34.7 Å². The Hall–Kier alpha value is -2.43. The molecule has 1 amide bonds. The average molecular weight is 382 g/mol. The van der Waals surface area contributed by atoms with Gasteiger partial charge in [0.2, 0.25) is 0 Å². The number of likely N-dealkylation sites (tertiary alicyclic amines) is 1. The first-order valence-electron chi connectivity index (χ1n) is 10.3. The molecule has 1 unspecified atom stereocenters. The summed E-state index contributed by atoms with van der Waals surface area (Å²) in [5.74, 6) is 0.321. The number of fused-ring (bicyclic) bond motifs is 1. The van der Waals surface area contributed by atoms with E-state index in [1.165, 1.54) is 12.1 Å². The number of Topliss-reactive ketones (excluding diaryl/α,β-unsaturated/α-hetero) is 1. The largest absolute Gasteiger partial charge is 0.361 e. The van der Waals surface area contributed by atoms with E-state index < -0.39 is 0 Å². The molecule has 5 heteroatoms. The number of H-pyrrole nitrogens is 1. The fourth-order valence-corrected chi connectivity index (χ4v) is 4.67. The van der Waals surface area contributed by atoms with Crippen molar-refractivity contribution in [3.05, 3.63) is 58.2 Å². The van der Waals surface area contributed by atoms with Crippen LogP contribution in [0.3, 0.4) is 0 Å². The minimum Gasteiger partial charge on any atom is -0.361 e. The van der Waals surface area contributed by atoms with Crippen molar-refractivity contribution in [3.63, 3.8) is 0 Å². The highest BCUT2D eigenvalue weighted by Gasteiger charge is 2.32. The second-order valence-corrected chi connectivity index (χ2v) is 8.18. The number of aromatic amines is 1. The topological polar surface area (TPSA) is 53.2 Å². The summed E-state index contributed by atoms with van der Waals surface area (Å²) in [6, 6.07) is 6.67. The summed E-state index contributed by atoms with van der Waals surface area (Å²) in [7, 11) is 0. The first-order valence-corrected chi connectivity index (χ1v) is 10.3. The molecule has 1 N–H and O–H groups in total. The Balaban J connectivity index is 1.45. The number of hydrogen-bond acceptors (Lipinski definition) is 2. The van der Waals surface area contributed by atoms with Crippen LogP contribution in [-0.2, 0) is 12.8 Å². The van der Waals surface area contributed by atoms with Crippen LogP contribution in [0.25, 0.3) is 0 Å². The molecule has 0 radical (unpaired) electrons. The van der Waals surface area contributed by atoms with Gasteiger partial charge in [0, 0.05) is 30.9 Å². The Kier molecular flexibility index (Phi) is 5.33. The highest BCUT2D eigenvalue weighted by Crippen LogP contribution is 2.30. The third kappa shape index (κ3) is 3.75. The molecule has 1 aromatic carbocycles. The molecule has 148 valence electrons. The first-order chi connectivity index (χ1) is 13.5. The summed E-state index contributed by atoms with van der Waals surface area (Å²) in [6.45, 7) is 3.38. The Morgan fingerprint density at radius 1 is 1.21 bits per heavy atom. The lowest BCUT2D eigenvalue weighted by atomic mass is 9.90. The molecule has 0 spiro atoms. The minimum absolute atomic E-state index is 0.00303. The van der Waals surface area contributed by atoms with Crippen molar-refractivity contribution in [1.82, 2.24) is 9.88 Å². The van der Waals surface area contributed by atoms with Gasteiger partial charge in [-0.05, 0) is 69.1 Å². The van der Waals surface area contributed by atoms with Gasteiger partial charge in [-0.15, -0.1) is 0 Å². The van der Waals surface area contributed by atoms with Gasteiger partial charge in [-0.25, -0.2) is 4.39 Å². The van der Waals surface area contributed by atoms with Gasteiger partial charge in [0.25, 0.3) is 5.91 Å². The van der Waals surface area contributed by atoms with Crippen molar-refractivity contribution in [3.8, 4) is 0 Å². The lowest BCUT2D eigenvalue weighted by molar-refractivity contribution is 0.0663. The second kappa shape index (κ2) is 7.90. The lowest BCUT2D eigenvalue weighted by Gasteiger charge is -2.33. The van der Waals surface area contributed by atoms with Crippen LogP contribution < -0.4 is 0 Å². The monoisotopic (exact) mass is 382 g/mol. The van der Waals surface area contributed by atoms with Crippen molar-refractivity contribution < 1.29 is 14.0 Å². The van der Waals surface area contributed by atoms with E-state index in [1.54, 1.807) is 0 Å². The van der Waals surface area contributed by atoms with Crippen LogP contribution in [0.5, 0.6) is 0 Å². The molecule has 1 aliphatic heterocycles. The van der Waals surface area contributed by atoms with Gasteiger partial charge in [0.05, 0.1) is 11.1 Å². The van der Waals surface area contributed by atoms with Crippen molar-refractivity contribution in [2.45, 2.75) is 51.9 Å². The van der Waals surface area contributed by atoms with Gasteiger partial charge in [-0.2, -0.15) is 0 Å². The number of piperidine rings is 1. The number of amides is 1. The number of carbonyl (C=O) groups excluding carboxylic acids is 2. The predicted octanol–water partition coefficient (Wildman–Crippen LogP) is 4.47. The second-order valence-electron chi connectivity index (χ2n) is 8.18. The summed E-state index contributed by atoms with van der Waals surface area (Å²) in [4.78, 5) is 30.9. The van der Waals surface area contributed by atoms with Gasteiger partial charge in [-0.1, -0.05) is 12.1 Å².